The second kappa shape index (κ2) is 9.78. The molecule has 3 atom stereocenters. The Hall–Kier alpha value is -4.04. The average Bonchev–Trinajstić information content (AvgIpc) is 2.90. The highest BCUT2D eigenvalue weighted by atomic mass is 16.5. The lowest BCUT2D eigenvalue weighted by atomic mass is 9.83. The van der Waals surface area contributed by atoms with Crippen molar-refractivity contribution in [3.05, 3.63) is 105 Å². The molecule has 8 heteroatoms. The zero-order chi connectivity index (χ0) is 25.4. The molecule has 0 amide bonds. The van der Waals surface area contributed by atoms with Gasteiger partial charge >= 0.3 is 0 Å². The summed E-state index contributed by atoms with van der Waals surface area (Å²) in [6.45, 7) is 6.23. The molecule has 2 aliphatic heterocycles. The maximum absolute atomic E-state index is 12.8. The molecule has 2 bridgehead atoms. The monoisotopic (exact) mass is 496 g/mol. The molecule has 37 heavy (non-hydrogen) atoms. The third kappa shape index (κ3) is 4.60. The minimum absolute atomic E-state index is 0.113. The summed E-state index contributed by atoms with van der Waals surface area (Å²) >= 11 is 0. The Balaban J connectivity index is 1.26. The van der Waals surface area contributed by atoms with Gasteiger partial charge < -0.3 is 14.2 Å². The molecule has 188 valence electrons. The number of piperidine rings is 1. The second-order valence-corrected chi connectivity index (χ2v) is 9.99. The first kappa shape index (κ1) is 23.4. The zero-order valence-electron chi connectivity index (χ0n) is 20.8. The summed E-state index contributed by atoms with van der Waals surface area (Å²) < 4.78 is 9.21. The molecule has 2 aromatic heterocycles. The van der Waals surface area contributed by atoms with Gasteiger partial charge in [-0.2, -0.15) is 9.78 Å². The van der Waals surface area contributed by atoms with E-state index in [1.165, 1.54) is 21.6 Å². The lowest BCUT2D eigenvalue weighted by Crippen LogP contribution is -3.13. The van der Waals surface area contributed by atoms with Crippen molar-refractivity contribution in [3.63, 3.8) is 0 Å². The third-order valence-corrected chi connectivity index (χ3v) is 7.48. The summed E-state index contributed by atoms with van der Waals surface area (Å²) in [4.78, 5) is 31.0. The van der Waals surface area contributed by atoms with Crippen LogP contribution in [0.1, 0.15) is 36.1 Å². The molecule has 4 aromatic rings. The highest BCUT2D eigenvalue weighted by molar-refractivity contribution is 5.81. The van der Waals surface area contributed by atoms with Crippen LogP contribution in [0.25, 0.3) is 10.9 Å². The average molecular weight is 497 g/mol. The van der Waals surface area contributed by atoms with Crippen molar-refractivity contribution in [1.82, 2.24) is 14.2 Å². The van der Waals surface area contributed by atoms with Gasteiger partial charge in [0.1, 0.15) is 18.6 Å². The summed E-state index contributed by atoms with van der Waals surface area (Å²) in [6, 6.07) is 19.0. The number of pyridine rings is 1. The Morgan fingerprint density at radius 1 is 1.11 bits per heavy atom. The van der Waals surface area contributed by atoms with E-state index in [9.17, 15) is 9.59 Å². The Kier molecular flexibility index (Phi) is 6.18. The van der Waals surface area contributed by atoms with Crippen molar-refractivity contribution < 1.29 is 9.64 Å². The summed E-state index contributed by atoms with van der Waals surface area (Å²) in [7, 11) is 0. The van der Waals surface area contributed by atoms with Gasteiger partial charge in [-0.05, 0) is 55.3 Å². The zero-order valence-corrected chi connectivity index (χ0v) is 20.8. The van der Waals surface area contributed by atoms with Crippen LogP contribution in [-0.2, 0) is 13.1 Å². The first-order valence-electron chi connectivity index (χ1n) is 12.9. The number of hydrogen-bond donors (Lipinski definition) is 1. The van der Waals surface area contributed by atoms with Crippen LogP contribution in [0.2, 0.25) is 0 Å². The lowest BCUT2D eigenvalue weighted by Gasteiger charge is -2.40. The normalized spacial score (nSPS) is 20.7. The van der Waals surface area contributed by atoms with Crippen molar-refractivity contribution >= 4 is 17.1 Å². The number of fused-ring (bicyclic) bond motifs is 5. The third-order valence-electron chi connectivity index (χ3n) is 7.48. The quantitative estimate of drug-likeness (QED) is 0.414. The molecule has 6 rings (SSSR count). The van der Waals surface area contributed by atoms with E-state index in [-0.39, 0.29) is 11.1 Å². The van der Waals surface area contributed by atoms with Crippen LogP contribution in [0, 0.1) is 5.92 Å². The molecule has 1 fully saturated rings. The molecule has 8 nitrogen and oxygen atoms in total. The van der Waals surface area contributed by atoms with Crippen LogP contribution in [-0.4, -0.2) is 40.1 Å². The Morgan fingerprint density at radius 3 is 2.89 bits per heavy atom. The molecular formula is C29H30N5O3+. The predicted octanol–water partition coefficient (Wildman–Crippen LogP) is 2.04. The number of para-hydroxylation sites is 1. The molecule has 0 radical (unpaired) electrons. The minimum atomic E-state index is -0.198. The molecule has 0 aliphatic carbocycles. The first-order chi connectivity index (χ1) is 18.1. The van der Waals surface area contributed by atoms with Gasteiger partial charge in [0.15, 0.2) is 0 Å². The number of benzene rings is 2. The van der Waals surface area contributed by atoms with Crippen LogP contribution in [0.4, 0.5) is 0 Å². The molecule has 0 spiro atoms. The fourth-order valence-electron chi connectivity index (χ4n) is 5.92. The highest BCUT2D eigenvalue weighted by Crippen LogP contribution is 2.30. The van der Waals surface area contributed by atoms with E-state index in [0.717, 1.165) is 49.5 Å². The van der Waals surface area contributed by atoms with Crippen molar-refractivity contribution in [1.29, 1.82) is 0 Å². The Labute approximate surface area is 214 Å². The van der Waals surface area contributed by atoms with Gasteiger partial charge in [0.2, 0.25) is 0 Å². The van der Waals surface area contributed by atoms with Gasteiger partial charge in [-0.1, -0.05) is 18.2 Å². The van der Waals surface area contributed by atoms with E-state index in [2.05, 4.69) is 22.2 Å². The van der Waals surface area contributed by atoms with Crippen LogP contribution >= 0.6 is 0 Å². The molecule has 0 saturated carbocycles. The van der Waals surface area contributed by atoms with E-state index in [1.807, 2.05) is 47.9 Å². The van der Waals surface area contributed by atoms with Gasteiger partial charge in [0, 0.05) is 35.7 Å². The van der Waals surface area contributed by atoms with Crippen LogP contribution < -0.4 is 20.8 Å². The van der Waals surface area contributed by atoms with E-state index in [4.69, 9.17) is 4.74 Å². The fourth-order valence-corrected chi connectivity index (χ4v) is 5.92. The van der Waals surface area contributed by atoms with Crippen molar-refractivity contribution in [2.45, 2.75) is 32.4 Å². The Morgan fingerprint density at radius 2 is 2.00 bits per heavy atom. The number of likely N-dealkylation sites (tertiary alicyclic amines) is 1. The number of quaternary nitrogens is 1. The van der Waals surface area contributed by atoms with E-state index in [1.54, 1.807) is 18.3 Å². The largest absolute Gasteiger partial charge is 0.493 e. The number of nitrogens with one attached hydrogen (secondary N) is 1. The molecule has 2 aromatic carbocycles. The van der Waals surface area contributed by atoms with Gasteiger partial charge in [-0.15, -0.1) is 0 Å². The van der Waals surface area contributed by atoms with Crippen molar-refractivity contribution in [2.24, 2.45) is 11.0 Å². The Bertz CT molecular complexity index is 1610. The summed E-state index contributed by atoms with van der Waals surface area (Å²) in [5.74, 6) is 1.77. The number of rotatable bonds is 6. The first-order valence-corrected chi connectivity index (χ1v) is 12.9. The van der Waals surface area contributed by atoms with Gasteiger partial charge in [0.05, 0.1) is 36.8 Å². The minimum Gasteiger partial charge on any atom is -0.493 e. The van der Waals surface area contributed by atoms with E-state index in [0.29, 0.717) is 29.3 Å². The predicted molar refractivity (Wildman–Crippen MR) is 143 cm³/mol. The maximum Gasteiger partial charge on any atom is 0.281 e. The van der Waals surface area contributed by atoms with Crippen molar-refractivity contribution in [2.75, 3.05) is 19.7 Å². The second-order valence-electron chi connectivity index (χ2n) is 9.99. The van der Waals surface area contributed by atoms with Gasteiger partial charge in [-0.3, -0.25) is 9.59 Å². The molecule has 1 N–H and O–H groups in total. The van der Waals surface area contributed by atoms with Crippen molar-refractivity contribution in [3.8, 4) is 5.75 Å². The van der Waals surface area contributed by atoms with Crippen LogP contribution in [0.5, 0.6) is 5.75 Å². The maximum atomic E-state index is 12.8. The number of nitrogens with zero attached hydrogens (tertiary/aromatic N) is 4. The highest BCUT2D eigenvalue weighted by Gasteiger charge is 2.37. The number of hydrogen-bond acceptors (Lipinski definition) is 5. The lowest BCUT2D eigenvalue weighted by molar-refractivity contribution is -0.924. The smallest absolute Gasteiger partial charge is 0.281 e. The van der Waals surface area contributed by atoms with Crippen LogP contribution in [0.15, 0.2) is 81.7 Å². The van der Waals surface area contributed by atoms with E-state index < -0.39 is 0 Å². The molecule has 3 unspecified atom stereocenters. The fraction of sp³-hybridized carbons (Fsp3) is 0.310. The summed E-state index contributed by atoms with van der Waals surface area (Å²) in [6.07, 6.45) is 4.29. The topological polar surface area (TPSA) is 82.9 Å². The van der Waals surface area contributed by atoms with Crippen LogP contribution in [0.3, 0.4) is 0 Å². The number of ether oxygens (including phenoxy) is 1. The van der Waals surface area contributed by atoms with E-state index >= 15 is 0 Å². The SMILES string of the molecule is CCOc1ccc(C=Nn2cnc3ccccc3c2=O)cc1C[NH+]1CC2CC(C1)c1cccc(=O)n1C2. The summed E-state index contributed by atoms with van der Waals surface area (Å²) in [5.41, 5.74) is 3.76. The summed E-state index contributed by atoms with van der Waals surface area (Å²) in [5, 5.41) is 4.95. The molecule has 2 aliphatic rings. The van der Waals surface area contributed by atoms with Gasteiger partial charge in [0.25, 0.3) is 11.1 Å². The molecule has 4 heterocycles. The molecular weight excluding hydrogens is 466 g/mol. The molecule has 1 saturated heterocycles. The standard InChI is InChI=1S/C29H29N5O3/c1-2-37-27-11-10-20(14-31-34-19-30-25-7-4-3-6-24(25)29(34)36)12-23(27)18-32-15-21-13-22(17-32)26-8-5-9-28(35)33(26)16-21/h3-12,14,19,21-22H,2,13,15-18H2,1H3/p+1. The van der Waals surface area contributed by atoms with Gasteiger partial charge in [-0.25, -0.2) is 4.98 Å². The number of aromatic nitrogens is 3.